The van der Waals surface area contributed by atoms with Gasteiger partial charge in [0.25, 0.3) is 0 Å². The van der Waals surface area contributed by atoms with Crippen LogP contribution in [0.2, 0.25) is 0 Å². The van der Waals surface area contributed by atoms with Crippen LogP contribution in [0.15, 0.2) is 59.8 Å². The summed E-state index contributed by atoms with van der Waals surface area (Å²) >= 11 is 0.923. The standard InChI is InChI=1S/C20H14F3N3O4S2/c1-30-17-9-14(20(21,22)23)3-5-16(17)26(19-25-18(27)11-31-19)32(28,29)15-4-2-13-10-24-7-6-12(13)8-15/h2-10H,11H2,1H3/p+1. The molecule has 1 N–H and O–H groups in total. The first kappa shape index (κ1) is 22.1. The van der Waals surface area contributed by atoms with Crippen molar-refractivity contribution in [3.63, 3.8) is 0 Å². The van der Waals surface area contributed by atoms with Crippen molar-refractivity contribution in [2.24, 2.45) is 0 Å². The molecule has 1 saturated heterocycles. The van der Waals surface area contributed by atoms with Crippen molar-refractivity contribution in [2.45, 2.75) is 11.1 Å². The normalized spacial score (nSPS) is 16.2. The molecule has 32 heavy (non-hydrogen) atoms. The number of nitrogens with one attached hydrogen (secondary N) is 1. The molecule has 1 aliphatic heterocycles. The summed E-state index contributed by atoms with van der Waals surface area (Å²) in [7, 11) is -3.22. The molecule has 1 aromatic heterocycles. The van der Waals surface area contributed by atoms with Crippen LogP contribution in [0.1, 0.15) is 5.56 Å². The lowest BCUT2D eigenvalue weighted by molar-refractivity contribution is -0.261. The Labute approximate surface area is 185 Å². The van der Waals surface area contributed by atoms with Gasteiger partial charge in [-0.3, -0.25) is 4.98 Å². The minimum absolute atomic E-state index is 0.0340. The van der Waals surface area contributed by atoms with Gasteiger partial charge in [-0.2, -0.15) is 21.6 Å². The van der Waals surface area contributed by atoms with E-state index in [-0.39, 0.29) is 27.3 Å². The number of fused-ring (bicyclic) bond motifs is 1. The van der Waals surface area contributed by atoms with E-state index in [4.69, 9.17) is 4.74 Å². The van der Waals surface area contributed by atoms with Crippen molar-refractivity contribution in [1.82, 2.24) is 10.3 Å². The number of alkyl halides is 3. The molecular formula is C20H15F3N3O4S2+. The van der Waals surface area contributed by atoms with Crippen LogP contribution in [0.5, 0.6) is 5.75 Å². The molecular weight excluding hydrogens is 467 g/mol. The smallest absolute Gasteiger partial charge is 0.416 e. The number of amidine groups is 1. The zero-order chi connectivity index (χ0) is 23.1. The van der Waals surface area contributed by atoms with Gasteiger partial charge in [-0.1, -0.05) is 6.07 Å². The number of methoxy groups -OCH3 is 1. The van der Waals surface area contributed by atoms with Crippen LogP contribution in [-0.2, 0) is 21.0 Å². The number of carbonyl (C=O) groups excluding carboxylic acids is 1. The number of hydrogen-bond donors (Lipinski definition) is 1. The number of carbonyl (C=O) groups is 1. The maximum absolute atomic E-state index is 13.7. The molecule has 0 saturated carbocycles. The summed E-state index contributed by atoms with van der Waals surface area (Å²) in [6.45, 7) is 0. The molecule has 2 heterocycles. The number of aromatic nitrogens is 1. The van der Waals surface area contributed by atoms with Crippen LogP contribution >= 0.6 is 11.8 Å². The van der Waals surface area contributed by atoms with E-state index < -0.39 is 27.7 Å². The van der Waals surface area contributed by atoms with E-state index in [9.17, 15) is 26.4 Å². The van der Waals surface area contributed by atoms with Crippen LogP contribution in [0.25, 0.3) is 10.8 Å². The van der Waals surface area contributed by atoms with E-state index in [1.165, 1.54) is 18.3 Å². The number of pyridine rings is 1. The quantitative estimate of drug-likeness (QED) is 0.573. The van der Waals surface area contributed by atoms with Gasteiger partial charge in [0.15, 0.2) is 11.4 Å². The monoisotopic (exact) mass is 482 g/mol. The Morgan fingerprint density at radius 2 is 1.91 bits per heavy atom. The van der Waals surface area contributed by atoms with Gasteiger partial charge in [0.05, 0.1) is 12.7 Å². The first-order chi connectivity index (χ1) is 15.1. The molecule has 0 aliphatic carbocycles. The Bertz CT molecular complexity index is 1370. The van der Waals surface area contributed by atoms with Gasteiger partial charge < -0.3 is 4.74 Å². The molecule has 12 heteroatoms. The number of ether oxygens (including phenoxy) is 1. The maximum Gasteiger partial charge on any atom is 0.416 e. The third-order valence-electron chi connectivity index (χ3n) is 4.65. The summed E-state index contributed by atoms with van der Waals surface area (Å²) in [6, 6.07) is 8.48. The Morgan fingerprint density at radius 1 is 1.12 bits per heavy atom. The van der Waals surface area contributed by atoms with Crippen LogP contribution in [0.4, 0.5) is 18.9 Å². The van der Waals surface area contributed by atoms with Gasteiger partial charge in [-0.05, 0) is 53.5 Å². The minimum Gasteiger partial charge on any atom is -0.492 e. The van der Waals surface area contributed by atoms with Gasteiger partial charge >= 0.3 is 27.3 Å². The molecule has 0 spiro atoms. The second-order valence-corrected chi connectivity index (χ2v) is 9.43. The highest BCUT2D eigenvalue weighted by atomic mass is 32.2. The minimum atomic E-state index is -4.65. The fraction of sp³-hybridized carbons (Fsp3) is 0.150. The number of thioether (sulfide) groups is 1. The molecule has 3 aromatic rings. The number of amides is 1. The summed E-state index contributed by atoms with van der Waals surface area (Å²) in [6.07, 6.45) is -1.56. The molecule has 0 radical (unpaired) electrons. The molecule has 0 unspecified atom stereocenters. The van der Waals surface area contributed by atoms with Crippen LogP contribution in [0, 0.1) is 0 Å². The lowest BCUT2D eigenvalue weighted by Crippen LogP contribution is -2.31. The molecule has 0 atom stereocenters. The average molecular weight is 482 g/mol. The summed E-state index contributed by atoms with van der Waals surface area (Å²) < 4.78 is 72.8. The summed E-state index contributed by atoms with van der Waals surface area (Å²) in [5.74, 6) is -0.781. The highest BCUT2D eigenvalue weighted by molar-refractivity contribution is 8.15. The number of nitrogens with zero attached hydrogens (tertiary/aromatic N) is 2. The van der Waals surface area contributed by atoms with Crippen molar-refractivity contribution >= 4 is 49.3 Å². The van der Waals surface area contributed by atoms with Crippen LogP contribution < -0.4 is 10.1 Å². The third-order valence-corrected chi connectivity index (χ3v) is 7.44. The summed E-state index contributed by atoms with van der Waals surface area (Å²) in [4.78, 5) is 15.7. The number of rotatable bonds is 4. The van der Waals surface area contributed by atoms with Crippen molar-refractivity contribution in [1.29, 1.82) is 0 Å². The predicted octanol–water partition coefficient (Wildman–Crippen LogP) is 3.51. The second-order valence-electron chi connectivity index (χ2n) is 6.68. The first-order valence-electron chi connectivity index (χ1n) is 9.05. The molecule has 1 aliphatic rings. The van der Waals surface area contributed by atoms with Gasteiger partial charge in [-0.25, -0.2) is 10.1 Å². The van der Waals surface area contributed by atoms with Crippen LogP contribution in [-0.4, -0.2) is 41.3 Å². The predicted molar refractivity (Wildman–Crippen MR) is 112 cm³/mol. The van der Waals surface area contributed by atoms with Crippen molar-refractivity contribution < 1.29 is 35.1 Å². The van der Waals surface area contributed by atoms with Crippen LogP contribution in [0.3, 0.4) is 0 Å². The van der Waals surface area contributed by atoms with E-state index in [1.807, 2.05) is 0 Å². The van der Waals surface area contributed by atoms with Gasteiger partial charge in [0.2, 0.25) is 0 Å². The third kappa shape index (κ3) is 4.02. The molecule has 7 nitrogen and oxygen atoms in total. The molecule has 0 bridgehead atoms. The number of hydrogen-bond acceptors (Lipinski definition) is 6. The first-order valence-corrected chi connectivity index (χ1v) is 11.5. The van der Waals surface area contributed by atoms with Crippen molar-refractivity contribution in [3.05, 3.63) is 60.4 Å². The zero-order valence-corrected chi connectivity index (χ0v) is 18.0. The molecule has 2 aromatic carbocycles. The van der Waals surface area contributed by atoms with Crippen molar-refractivity contribution in [2.75, 3.05) is 12.9 Å². The Hall–Kier alpha value is -3.12. The maximum atomic E-state index is 13.7. The molecule has 4 rings (SSSR count). The lowest BCUT2D eigenvalue weighted by atomic mass is 10.2. The van der Waals surface area contributed by atoms with E-state index in [0.29, 0.717) is 16.8 Å². The van der Waals surface area contributed by atoms with Gasteiger partial charge in [0.1, 0.15) is 10.6 Å². The summed E-state index contributed by atoms with van der Waals surface area (Å²) in [5.41, 5.74) is -1.17. The Morgan fingerprint density at radius 3 is 2.56 bits per heavy atom. The fourth-order valence-corrected chi connectivity index (χ4v) is 5.73. The Kier molecular flexibility index (Phi) is 5.59. The SMILES string of the molecule is COc1cc(C(F)(F)F)ccc1[N+](=C1NC(=O)CS1)S(=O)(=O)c1ccc2cnccc2c1. The van der Waals surface area contributed by atoms with Crippen molar-refractivity contribution in [3.8, 4) is 5.75 Å². The van der Waals surface area contributed by atoms with E-state index in [2.05, 4.69) is 10.3 Å². The summed E-state index contributed by atoms with van der Waals surface area (Å²) in [5, 5.41) is 3.72. The van der Waals surface area contributed by atoms with Gasteiger partial charge in [0, 0.05) is 17.8 Å². The van der Waals surface area contributed by atoms with Gasteiger partial charge in [-0.15, -0.1) is 3.98 Å². The lowest BCUT2D eigenvalue weighted by Gasteiger charge is -2.15. The highest BCUT2D eigenvalue weighted by Gasteiger charge is 2.39. The molecule has 1 amide bonds. The van der Waals surface area contributed by atoms with E-state index in [1.54, 1.807) is 18.3 Å². The Balaban J connectivity index is 1.95. The molecule has 166 valence electrons. The number of sulfonamides is 1. The largest absolute Gasteiger partial charge is 0.492 e. The fourth-order valence-electron chi connectivity index (χ4n) is 3.13. The number of halogens is 3. The van der Waals surface area contributed by atoms with E-state index >= 15 is 0 Å². The zero-order valence-electron chi connectivity index (χ0n) is 16.4. The highest BCUT2D eigenvalue weighted by Crippen LogP contribution is 2.38. The van der Waals surface area contributed by atoms with E-state index in [0.717, 1.165) is 35.0 Å². The molecule has 1 fully saturated rings. The number of benzene rings is 2. The average Bonchev–Trinajstić information content (AvgIpc) is 3.18. The topological polar surface area (TPSA) is 88.4 Å². The second kappa shape index (κ2) is 8.10.